The van der Waals surface area contributed by atoms with Crippen LogP contribution in [0.25, 0.3) is 0 Å². The van der Waals surface area contributed by atoms with Gasteiger partial charge in [-0.2, -0.15) is 0 Å². The molecule has 0 radical (unpaired) electrons. The topological polar surface area (TPSA) is 175 Å². The van der Waals surface area contributed by atoms with E-state index < -0.39 is 73.6 Å². The molecular weight excluding hydrogens is 380 g/mol. The molecule has 0 aromatic carbocycles. The lowest BCUT2D eigenvalue weighted by atomic mass is 9.79. The molecule has 0 aromatic heterocycles. The van der Waals surface area contributed by atoms with E-state index in [-0.39, 0.29) is 5.57 Å². The highest BCUT2D eigenvalue weighted by Crippen LogP contribution is 2.45. The van der Waals surface area contributed by atoms with E-state index in [1.807, 2.05) is 0 Å². The number of fused-ring (bicyclic) bond motifs is 1. The van der Waals surface area contributed by atoms with Crippen LogP contribution in [0, 0.1) is 11.8 Å². The second-order valence-corrected chi connectivity index (χ2v) is 6.96. The molecule has 0 bridgehead atoms. The summed E-state index contributed by atoms with van der Waals surface area (Å²) >= 11 is 0. The summed E-state index contributed by atoms with van der Waals surface area (Å²) < 4.78 is 21.0. The number of allylic oxidation sites excluding steroid dienone is 1. The Morgan fingerprint density at radius 3 is 2.50 bits per heavy atom. The third-order valence-electron chi connectivity index (χ3n) is 5.33. The second-order valence-electron chi connectivity index (χ2n) is 6.96. The molecule has 0 spiro atoms. The van der Waals surface area contributed by atoms with Crippen molar-refractivity contribution in [3.05, 3.63) is 24.0 Å². The van der Waals surface area contributed by atoms with Gasteiger partial charge < -0.3 is 49.6 Å². The van der Waals surface area contributed by atoms with Crippen LogP contribution in [0.4, 0.5) is 0 Å². The largest absolute Gasteiger partial charge is 0.471 e. The van der Waals surface area contributed by atoms with Crippen molar-refractivity contribution in [2.45, 2.75) is 42.6 Å². The van der Waals surface area contributed by atoms with E-state index in [0.717, 1.165) is 6.26 Å². The first kappa shape index (κ1) is 21.1. The van der Waals surface area contributed by atoms with Crippen molar-refractivity contribution in [1.82, 2.24) is 0 Å². The molecular formula is C17H24O11. The van der Waals surface area contributed by atoms with E-state index in [1.54, 1.807) is 0 Å². The highest BCUT2D eigenvalue weighted by molar-refractivity contribution is 5.89. The predicted octanol–water partition coefficient (Wildman–Crippen LogP) is -3.26. The number of aliphatic hydroxyl groups excluding tert-OH is 5. The molecule has 6 N–H and O–H groups in total. The minimum Gasteiger partial charge on any atom is -0.471 e. The fraction of sp³-hybridized carbons (Fsp3) is 0.706. The van der Waals surface area contributed by atoms with Crippen LogP contribution in [0.3, 0.4) is 0 Å². The van der Waals surface area contributed by atoms with Crippen molar-refractivity contribution in [3.63, 3.8) is 0 Å². The van der Waals surface area contributed by atoms with Crippen LogP contribution in [0.5, 0.6) is 0 Å². The monoisotopic (exact) mass is 404 g/mol. The van der Waals surface area contributed by atoms with Crippen molar-refractivity contribution in [1.29, 1.82) is 0 Å². The maximum atomic E-state index is 12.0. The average molecular weight is 404 g/mol. The van der Waals surface area contributed by atoms with E-state index in [2.05, 4.69) is 0 Å². The molecule has 3 aliphatic rings. The summed E-state index contributed by atoms with van der Waals surface area (Å²) in [6, 6.07) is 0. The van der Waals surface area contributed by atoms with Crippen LogP contribution >= 0.6 is 0 Å². The van der Waals surface area contributed by atoms with Crippen molar-refractivity contribution in [2.24, 2.45) is 11.8 Å². The van der Waals surface area contributed by atoms with Gasteiger partial charge in [0.25, 0.3) is 0 Å². The Labute approximate surface area is 160 Å². The number of carbonyl (C=O) groups is 1. The van der Waals surface area contributed by atoms with Gasteiger partial charge in [-0.05, 0) is 0 Å². The molecule has 2 heterocycles. The standard InChI is InChI=1S/C17H24O11/c1-25-14(23)8-5-26-15(10-7(8)2-3-17(10,24)6-19)28-16-13(22)12(21)11(20)9(4-18)27-16/h2-3,5,7,9-13,15-16,18-22,24H,4,6H2,1H3/t7-,9-,10-,11-,12+,13-,15+,16-,17-/m1/s1. The van der Waals surface area contributed by atoms with Crippen LogP contribution in [0.15, 0.2) is 24.0 Å². The fourth-order valence-electron chi connectivity index (χ4n) is 3.71. The molecule has 9 atom stereocenters. The van der Waals surface area contributed by atoms with E-state index in [1.165, 1.54) is 19.3 Å². The Morgan fingerprint density at radius 1 is 1.18 bits per heavy atom. The third kappa shape index (κ3) is 3.44. The van der Waals surface area contributed by atoms with E-state index >= 15 is 0 Å². The smallest absolute Gasteiger partial charge is 0.337 e. The minimum absolute atomic E-state index is 0.0989. The average Bonchev–Trinajstić information content (AvgIpc) is 3.06. The van der Waals surface area contributed by atoms with E-state index in [9.17, 15) is 35.4 Å². The molecule has 158 valence electrons. The summed E-state index contributed by atoms with van der Waals surface area (Å²) in [6.45, 7) is -1.34. The molecule has 11 heteroatoms. The van der Waals surface area contributed by atoms with Gasteiger partial charge in [0.2, 0.25) is 6.29 Å². The lowest BCUT2D eigenvalue weighted by Gasteiger charge is -2.44. The van der Waals surface area contributed by atoms with Gasteiger partial charge >= 0.3 is 5.97 Å². The van der Waals surface area contributed by atoms with Crippen LogP contribution in [0.2, 0.25) is 0 Å². The van der Waals surface area contributed by atoms with Gasteiger partial charge in [0, 0.05) is 5.92 Å². The van der Waals surface area contributed by atoms with Crippen LogP contribution in [-0.4, -0.2) is 99.5 Å². The highest BCUT2D eigenvalue weighted by atomic mass is 16.8. The normalized spacial score (nSPS) is 45.2. The molecule has 1 aliphatic carbocycles. The molecule has 1 saturated heterocycles. The zero-order valence-corrected chi connectivity index (χ0v) is 15.0. The Balaban J connectivity index is 1.85. The first-order chi connectivity index (χ1) is 13.3. The Kier molecular flexibility index (Phi) is 6.08. The zero-order valence-electron chi connectivity index (χ0n) is 15.0. The van der Waals surface area contributed by atoms with Crippen LogP contribution < -0.4 is 0 Å². The Hall–Kier alpha value is -1.57. The first-order valence-corrected chi connectivity index (χ1v) is 8.69. The van der Waals surface area contributed by atoms with Gasteiger partial charge in [0.1, 0.15) is 30.0 Å². The Morgan fingerprint density at radius 2 is 1.89 bits per heavy atom. The number of hydrogen-bond acceptors (Lipinski definition) is 11. The summed E-state index contributed by atoms with van der Waals surface area (Å²) in [5.41, 5.74) is -1.70. The maximum Gasteiger partial charge on any atom is 0.337 e. The molecule has 11 nitrogen and oxygen atoms in total. The predicted molar refractivity (Wildman–Crippen MR) is 88.0 cm³/mol. The van der Waals surface area contributed by atoms with E-state index in [4.69, 9.17) is 18.9 Å². The molecule has 0 amide bonds. The lowest BCUT2D eigenvalue weighted by molar-refractivity contribution is -0.346. The number of hydrogen-bond donors (Lipinski definition) is 6. The summed E-state index contributed by atoms with van der Waals surface area (Å²) in [5.74, 6) is -2.40. The molecule has 0 unspecified atom stereocenters. The quantitative estimate of drug-likeness (QED) is 0.200. The lowest BCUT2D eigenvalue weighted by Crippen LogP contribution is -2.61. The molecule has 3 rings (SSSR count). The highest BCUT2D eigenvalue weighted by Gasteiger charge is 2.55. The summed E-state index contributed by atoms with van der Waals surface area (Å²) in [4.78, 5) is 12.0. The van der Waals surface area contributed by atoms with Crippen molar-refractivity contribution >= 4 is 5.97 Å². The van der Waals surface area contributed by atoms with Gasteiger partial charge in [-0.3, -0.25) is 0 Å². The fourth-order valence-corrected chi connectivity index (χ4v) is 3.71. The number of rotatable bonds is 5. The van der Waals surface area contributed by atoms with Crippen molar-refractivity contribution < 1.29 is 54.4 Å². The Bertz CT molecular complexity index is 647. The molecule has 0 aromatic rings. The number of ether oxygens (including phenoxy) is 4. The summed E-state index contributed by atoms with van der Waals surface area (Å²) in [6.07, 6.45) is -4.99. The zero-order chi connectivity index (χ0) is 20.6. The van der Waals surface area contributed by atoms with E-state index in [0.29, 0.717) is 0 Å². The SMILES string of the molecule is COC(=O)C1=CO[C@@H](O[C@H]2O[C@H](CO)[C@@H](O)[C@H](O)[C@H]2O)[C@H]2[C@@H]1C=C[C@@]2(O)CO. The maximum absolute atomic E-state index is 12.0. The van der Waals surface area contributed by atoms with Gasteiger partial charge in [0.05, 0.1) is 38.1 Å². The summed E-state index contributed by atoms with van der Waals surface area (Å²) in [5, 5.41) is 59.5. The van der Waals surface area contributed by atoms with Crippen LogP contribution in [0.1, 0.15) is 0 Å². The van der Waals surface area contributed by atoms with Crippen molar-refractivity contribution in [3.8, 4) is 0 Å². The third-order valence-corrected chi connectivity index (χ3v) is 5.33. The van der Waals surface area contributed by atoms with Gasteiger partial charge in [0.15, 0.2) is 6.29 Å². The molecule has 28 heavy (non-hydrogen) atoms. The van der Waals surface area contributed by atoms with Gasteiger partial charge in [-0.1, -0.05) is 12.2 Å². The van der Waals surface area contributed by atoms with Crippen LogP contribution in [-0.2, 0) is 23.7 Å². The molecule has 0 saturated carbocycles. The molecule has 1 fully saturated rings. The molecule has 2 aliphatic heterocycles. The van der Waals surface area contributed by atoms with Gasteiger partial charge in [-0.15, -0.1) is 0 Å². The number of carbonyl (C=O) groups excluding carboxylic acids is 1. The first-order valence-electron chi connectivity index (χ1n) is 8.69. The second kappa shape index (κ2) is 8.05. The minimum atomic E-state index is -1.79. The van der Waals surface area contributed by atoms with Gasteiger partial charge in [-0.25, -0.2) is 4.79 Å². The summed E-state index contributed by atoms with van der Waals surface area (Å²) in [7, 11) is 1.19. The number of aliphatic hydroxyl groups is 6. The van der Waals surface area contributed by atoms with Crippen molar-refractivity contribution in [2.75, 3.05) is 20.3 Å². The number of methoxy groups -OCH3 is 1. The number of esters is 1.